The molecule has 0 radical (unpaired) electrons. The Morgan fingerprint density at radius 3 is 3.40 bits per heavy atom. The molecule has 0 aromatic rings. The smallest absolute Gasteiger partial charge is 0.136 e. The predicted molar refractivity (Wildman–Crippen MR) is 36.5 cm³/mol. The SMILES string of the molecule is N#CC1NNC2=C1CC=C2. The van der Waals surface area contributed by atoms with E-state index in [-0.39, 0.29) is 6.04 Å². The van der Waals surface area contributed by atoms with Gasteiger partial charge in [-0.1, -0.05) is 6.08 Å². The zero-order chi connectivity index (χ0) is 6.97. The molecule has 0 amide bonds. The van der Waals surface area contributed by atoms with Crippen molar-refractivity contribution in [2.24, 2.45) is 0 Å². The Kier molecular flexibility index (Phi) is 1.02. The minimum Gasteiger partial charge on any atom is -0.320 e. The van der Waals surface area contributed by atoms with Crippen LogP contribution in [0.5, 0.6) is 0 Å². The Morgan fingerprint density at radius 2 is 2.60 bits per heavy atom. The summed E-state index contributed by atoms with van der Waals surface area (Å²) in [6.07, 6.45) is 4.97. The van der Waals surface area contributed by atoms with Gasteiger partial charge in [-0.15, -0.1) is 0 Å². The highest BCUT2D eigenvalue weighted by atomic mass is 15.4. The predicted octanol–water partition coefficient (Wildman–Crippen LogP) is 0.200. The monoisotopic (exact) mass is 133 g/mol. The van der Waals surface area contributed by atoms with Crippen molar-refractivity contribution in [1.82, 2.24) is 10.9 Å². The van der Waals surface area contributed by atoms with Crippen molar-refractivity contribution >= 4 is 0 Å². The largest absolute Gasteiger partial charge is 0.320 e. The van der Waals surface area contributed by atoms with Gasteiger partial charge < -0.3 is 5.43 Å². The maximum Gasteiger partial charge on any atom is 0.136 e. The van der Waals surface area contributed by atoms with Gasteiger partial charge in [0.1, 0.15) is 6.04 Å². The number of nitriles is 1. The molecular formula is C7H7N3. The van der Waals surface area contributed by atoms with Gasteiger partial charge in [-0.3, -0.25) is 0 Å². The maximum absolute atomic E-state index is 8.60. The lowest BCUT2D eigenvalue weighted by Crippen LogP contribution is -2.31. The number of nitrogens with one attached hydrogen (secondary N) is 2. The van der Waals surface area contributed by atoms with Crippen LogP contribution in [0.25, 0.3) is 0 Å². The van der Waals surface area contributed by atoms with Crippen molar-refractivity contribution in [3.05, 3.63) is 23.4 Å². The van der Waals surface area contributed by atoms with Crippen LogP contribution in [0, 0.1) is 11.3 Å². The first-order valence-electron chi connectivity index (χ1n) is 3.22. The van der Waals surface area contributed by atoms with Gasteiger partial charge in [-0.05, 0) is 18.1 Å². The molecule has 2 aliphatic rings. The Labute approximate surface area is 59.0 Å². The molecule has 2 N–H and O–H groups in total. The molecule has 1 unspecified atom stereocenters. The van der Waals surface area contributed by atoms with Crippen LogP contribution in [0.2, 0.25) is 0 Å². The fourth-order valence-electron chi connectivity index (χ4n) is 1.26. The number of hydrogen-bond acceptors (Lipinski definition) is 3. The van der Waals surface area contributed by atoms with Crippen molar-refractivity contribution < 1.29 is 0 Å². The number of hydrazine groups is 1. The number of allylic oxidation sites excluding steroid dienone is 2. The first kappa shape index (κ1) is 5.51. The normalized spacial score (nSPS) is 28.1. The van der Waals surface area contributed by atoms with Crippen molar-refractivity contribution in [2.75, 3.05) is 0 Å². The zero-order valence-electron chi connectivity index (χ0n) is 5.39. The molecule has 0 saturated heterocycles. The summed E-state index contributed by atoms with van der Waals surface area (Å²) in [6, 6.07) is 2.04. The van der Waals surface area contributed by atoms with E-state index in [1.165, 1.54) is 5.57 Å². The Bertz CT molecular complexity index is 257. The van der Waals surface area contributed by atoms with Crippen LogP contribution in [0.1, 0.15) is 6.42 Å². The first-order valence-corrected chi connectivity index (χ1v) is 3.22. The highest BCUT2D eigenvalue weighted by Gasteiger charge is 2.24. The van der Waals surface area contributed by atoms with E-state index in [0.29, 0.717) is 0 Å². The van der Waals surface area contributed by atoms with Crippen molar-refractivity contribution in [2.45, 2.75) is 12.5 Å². The third-order valence-electron chi connectivity index (χ3n) is 1.80. The first-order chi connectivity index (χ1) is 4.92. The molecule has 50 valence electrons. The van der Waals surface area contributed by atoms with Crippen LogP contribution in [0.3, 0.4) is 0 Å². The maximum atomic E-state index is 8.60. The van der Waals surface area contributed by atoms with E-state index in [9.17, 15) is 0 Å². The van der Waals surface area contributed by atoms with Gasteiger partial charge in [0.15, 0.2) is 0 Å². The minimum absolute atomic E-state index is 0.120. The summed E-state index contributed by atoms with van der Waals surface area (Å²) in [6.45, 7) is 0. The molecule has 0 fully saturated rings. The summed E-state index contributed by atoms with van der Waals surface area (Å²) < 4.78 is 0. The van der Waals surface area contributed by atoms with Gasteiger partial charge in [0, 0.05) is 0 Å². The summed E-state index contributed by atoms with van der Waals surface area (Å²) in [5, 5.41) is 8.60. The quantitative estimate of drug-likeness (QED) is 0.496. The third kappa shape index (κ3) is 0.568. The topological polar surface area (TPSA) is 47.9 Å². The zero-order valence-corrected chi connectivity index (χ0v) is 5.39. The van der Waals surface area contributed by atoms with Crippen LogP contribution in [0.4, 0.5) is 0 Å². The molecule has 0 bridgehead atoms. The lowest BCUT2D eigenvalue weighted by atomic mass is 10.1. The number of rotatable bonds is 0. The fourth-order valence-corrected chi connectivity index (χ4v) is 1.26. The highest BCUT2D eigenvalue weighted by molar-refractivity contribution is 5.41. The number of nitrogens with zero attached hydrogens (tertiary/aromatic N) is 1. The standard InChI is InChI=1S/C7H7N3/c8-4-7-5-2-1-3-6(5)9-10-7/h1,3,7,9-10H,2H2. The molecule has 1 atom stereocenters. The van der Waals surface area contributed by atoms with Crippen LogP contribution in [-0.4, -0.2) is 6.04 Å². The van der Waals surface area contributed by atoms with E-state index >= 15 is 0 Å². The van der Waals surface area contributed by atoms with Crippen LogP contribution < -0.4 is 10.9 Å². The van der Waals surface area contributed by atoms with E-state index < -0.39 is 0 Å². The van der Waals surface area contributed by atoms with Crippen molar-refractivity contribution in [3.8, 4) is 6.07 Å². The molecule has 0 spiro atoms. The molecule has 1 heterocycles. The second-order valence-electron chi connectivity index (χ2n) is 2.38. The van der Waals surface area contributed by atoms with Gasteiger partial charge >= 0.3 is 0 Å². The molecular weight excluding hydrogens is 126 g/mol. The Morgan fingerprint density at radius 1 is 1.70 bits per heavy atom. The third-order valence-corrected chi connectivity index (χ3v) is 1.80. The lowest BCUT2D eigenvalue weighted by Gasteiger charge is -2.01. The molecule has 0 saturated carbocycles. The van der Waals surface area contributed by atoms with E-state index in [1.807, 2.05) is 6.08 Å². The second kappa shape index (κ2) is 1.86. The lowest BCUT2D eigenvalue weighted by molar-refractivity contribution is 0.639. The minimum atomic E-state index is -0.120. The molecule has 0 aromatic heterocycles. The molecule has 3 heteroatoms. The van der Waals surface area contributed by atoms with E-state index in [4.69, 9.17) is 5.26 Å². The van der Waals surface area contributed by atoms with Crippen molar-refractivity contribution in [1.29, 1.82) is 5.26 Å². The van der Waals surface area contributed by atoms with Gasteiger partial charge in [0.05, 0.1) is 11.8 Å². The summed E-state index contributed by atoms with van der Waals surface area (Å²) in [7, 11) is 0. The molecule has 2 rings (SSSR count). The Hall–Kier alpha value is -1.27. The fraction of sp³-hybridized carbons (Fsp3) is 0.286. The summed E-state index contributed by atoms with van der Waals surface area (Å²) in [5.74, 6) is 0. The molecule has 10 heavy (non-hydrogen) atoms. The molecule has 3 nitrogen and oxygen atoms in total. The summed E-state index contributed by atoms with van der Waals surface area (Å²) in [5.41, 5.74) is 8.06. The Balaban J connectivity index is 2.30. The van der Waals surface area contributed by atoms with E-state index in [0.717, 1.165) is 12.1 Å². The van der Waals surface area contributed by atoms with Crippen LogP contribution in [0.15, 0.2) is 23.4 Å². The van der Waals surface area contributed by atoms with Gasteiger partial charge in [-0.25, -0.2) is 5.43 Å². The summed E-state index contributed by atoms with van der Waals surface area (Å²) >= 11 is 0. The van der Waals surface area contributed by atoms with Gasteiger partial charge in [0.2, 0.25) is 0 Å². The summed E-state index contributed by atoms with van der Waals surface area (Å²) in [4.78, 5) is 0. The molecule has 1 aliphatic heterocycles. The van der Waals surface area contributed by atoms with Crippen LogP contribution >= 0.6 is 0 Å². The van der Waals surface area contributed by atoms with Crippen molar-refractivity contribution in [3.63, 3.8) is 0 Å². The molecule has 1 aliphatic carbocycles. The average molecular weight is 133 g/mol. The van der Waals surface area contributed by atoms with Gasteiger partial charge in [-0.2, -0.15) is 5.26 Å². The molecule has 0 aromatic carbocycles. The van der Waals surface area contributed by atoms with Gasteiger partial charge in [0.25, 0.3) is 0 Å². The van der Waals surface area contributed by atoms with Crippen LogP contribution in [-0.2, 0) is 0 Å². The second-order valence-corrected chi connectivity index (χ2v) is 2.38. The highest BCUT2D eigenvalue weighted by Crippen LogP contribution is 2.22. The average Bonchev–Trinajstić information content (AvgIpc) is 2.44. The van der Waals surface area contributed by atoms with E-state index in [2.05, 4.69) is 23.0 Å². The number of hydrogen-bond donors (Lipinski definition) is 2. The van der Waals surface area contributed by atoms with E-state index in [1.54, 1.807) is 0 Å².